The summed E-state index contributed by atoms with van der Waals surface area (Å²) in [6, 6.07) is 0.558. The van der Waals surface area contributed by atoms with Crippen LogP contribution in [0.5, 0.6) is 0 Å². The Kier molecular flexibility index (Phi) is 4.19. The van der Waals surface area contributed by atoms with E-state index in [1.165, 1.54) is 0 Å². The SMILES string of the molecule is CCC1CCN=C(N)N1.Cl. The number of hydrogen-bond acceptors (Lipinski definition) is 3. The summed E-state index contributed by atoms with van der Waals surface area (Å²) in [7, 11) is 0. The van der Waals surface area contributed by atoms with E-state index in [-0.39, 0.29) is 12.4 Å². The van der Waals surface area contributed by atoms with Gasteiger partial charge in [-0.05, 0) is 12.8 Å². The number of hydrogen-bond donors (Lipinski definition) is 2. The van der Waals surface area contributed by atoms with E-state index in [4.69, 9.17) is 5.73 Å². The van der Waals surface area contributed by atoms with Crippen LogP contribution in [-0.4, -0.2) is 18.5 Å². The molecule has 0 aromatic carbocycles. The zero-order valence-corrected chi connectivity index (χ0v) is 6.95. The summed E-state index contributed by atoms with van der Waals surface area (Å²) >= 11 is 0. The summed E-state index contributed by atoms with van der Waals surface area (Å²) in [5, 5.41) is 3.09. The Morgan fingerprint density at radius 1 is 1.80 bits per heavy atom. The van der Waals surface area contributed by atoms with E-state index in [0.29, 0.717) is 12.0 Å². The summed E-state index contributed by atoms with van der Waals surface area (Å²) in [4.78, 5) is 4.01. The molecule has 0 fully saturated rings. The molecule has 1 aliphatic heterocycles. The van der Waals surface area contributed by atoms with Crippen molar-refractivity contribution in [2.75, 3.05) is 6.54 Å². The monoisotopic (exact) mass is 163 g/mol. The van der Waals surface area contributed by atoms with Crippen LogP contribution < -0.4 is 11.1 Å². The molecule has 0 bridgehead atoms. The second kappa shape index (κ2) is 4.39. The summed E-state index contributed by atoms with van der Waals surface area (Å²) in [5.74, 6) is 0.605. The predicted octanol–water partition coefficient (Wildman–Crippen LogP) is 0.495. The lowest BCUT2D eigenvalue weighted by Gasteiger charge is -2.20. The van der Waals surface area contributed by atoms with E-state index >= 15 is 0 Å². The first-order valence-electron chi connectivity index (χ1n) is 3.39. The molecule has 1 unspecified atom stereocenters. The van der Waals surface area contributed by atoms with Crippen LogP contribution in [0.15, 0.2) is 4.99 Å². The van der Waals surface area contributed by atoms with Crippen LogP contribution in [-0.2, 0) is 0 Å². The lowest BCUT2D eigenvalue weighted by atomic mass is 10.1. The fraction of sp³-hybridized carbons (Fsp3) is 0.833. The van der Waals surface area contributed by atoms with Gasteiger partial charge in [0.05, 0.1) is 0 Å². The third kappa shape index (κ3) is 2.43. The second-order valence-corrected chi connectivity index (χ2v) is 2.31. The molecule has 0 aromatic rings. The molecule has 0 spiro atoms. The Bertz CT molecular complexity index is 124. The number of nitrogens with one attached hydrogen (secondary N) is 1. The number of nitrogens with zero attached hydrogens (tertiary/aromatic N) is 1. The highest BCUT2D eigenvalue weighted by Gasteiger charge is 2.09. The van der Waals surface area contributed by atoms with Crippen LogP contribution >= 0.6 is 12.4 Å². The van der Waals surface area contributed by atoms with Crippen LogP contribution in [0.4, 0.5) is 0 Å². The third-order valence-corrected chi connectivity index (χ3v) is 1.60. The van der Waals surface area contributed by atoms with Crippen LogP contribution in [0, 0.1) is 0 Å². The number of guanidine groups is 1. The molecule has 0 aromatic heterocycles. The van der Waals surface area contributed by atoms with E-state index < -0.39 is 0 Å². The topological polar surface area (TPSA) is 50.4 Å². The van der Waals surface area contributed by atoms with Gasteiger partial charge in [0, 0.05) is 12.6 Å². The van der Waals surface area contributed by atoms with Gasteiger partial charge >= 0.3 is 0 Å². The van der Waals surface area contributed by atoms with Gasteiger partial charge in [-0.15, -0.1) is 12.4 Å². The minimum Gasteiger partial charge on any atom is -0.370 e. The Morgan fingerprint density at radius 2 is 2.50 bits per heavy atom. The highest BCUT2D eigenvalue weighted by molar-refractivity contribution is 5.85. The maximum Gasteiger partial charge on any atom is 0.188 e. The second-order valence-electron chi connectivity index (χ2n) is 2.31. The van der Waals surface area contributed by atoms with E-state index in [0.717, 1.165) is 19.4 Å². The minimum atomic E-state index is 0. The third-order valence-electron chi connectivity index (χ3n) is 1.60. The van der Waals surface area contributed by atoms with Gasteiger partial charge in [-0.25, -0.2) is 0 Å². The van der Waals surface area contributed by atoms with Crippen molar-refractivity contribution in [1.29, 1.82) is 0 Å². The van der Waals surface area contributed by atoms with Crippen molar-refractivity contribution in [3.05, 3.63) is 0 Å². The molecule has 4 heteroatoms. The summed E-state index contributed by atoms with van der Waals surface area (Å²) in [6.45, 7) is 3.04. The molecule has 1 rings (SSSR count). The molecule has 0 saturated heterocycles. The Balaban J connectivity index is 0.000000810. The predicted molar refractivity (Wildman–Crippen MR) is 45.6 cm³/mol. The largest absolute Gasteiger partial charge is 0.370 e. The van der Waals surface area contributed by atoms with Gasteiger partial charge in [-0.1, -0.05) is 6.92 Å². The average Bonchev–Trinajstić information content (AvgIpc) is 1.88. The summed E-state index contributed by atoms with van der Waals surface area (Å²) < 4.78 is 0. The van der Waals surface area contributed by atoms with Crippen molar-refractivity contribution in [3.63, 3.8) is 0 Å². The van der Waals surface area contributed by atoms with Crippen molar-refractivity contribution < 1.29 is 0 Å². The Hall–Kier alpha value is -0.440. The fourth-order valence-corrected chi connectivity index (χ4v) is 0.974. The van der Waals surface area contributed by atoms with Crippen molar-refractivity contribution in [1.82, 2.24) is 5.32 Å². The smallest absolute Gasteiger partial charge is 0.188 e. The number of aliphatic imine (C=N–C) groups is 1. The maximum absolute atomic E-state index is 5.44. The van der Waals surface area contributed by atoms with Crippen molar-refractivity contribution >= 4 is 18.4 Å². The molecular weight excluding hydrogens is 150 g/mol. The molecule has 0 saturated carbocycles. The van der Waals surface area contributed by atoms with Crippen LogP contribution in [0.25, 0.3) is 0 Å². The molecule has 1 aliphatic rings. The fourth-order valence-electron chi connectivity index (χ4n) is 0.974. The number of rotatable bonds is 1. The maximum atomic E-state index is 5.44. The van der Waals surface area contributed by atoms with E-state index in [1.807, 2.05) is 0 Å². The van der Waals surface area contributed by atoms with E-state index in [2.05, 4.69) is 17.2 Å². The van der Waals surface area contributed by atoms with E-state index in [1.54, 1.807) is 0 Å². The molecule has 3 nitrogen and oxygen atoms in total. The van der Waals surface area contributed by atoms with Crippen LogP contribution in [0.2, 0.25) is 0 Å². The first kappa shape index (κ1) is 9.56. The van der Waals surface area contributed by atoms with Gasteiger partial charge in [0.2, 0.25) is 0 Å². The normalized spacial score (nSPS) is 24.1. The van der Waals surface area contributed by atoms with Crippen molar-refractivity contribution in [3.8, 4) is 0 Å². The highest BCUT2D eigenvalue weighted by Crippen LogP contribution is 2.00. The highest BCUT2D eigenvalue weighted by atomic mass is 35.5. The lowest BCUT2D eigenvalue weighted by Crippen LogP contribution is -2.43. The molecule has 0 aliphatic carbocycles. The molecule has 3 N–H and O–H groups in total. The summed E-state index contributed by atoms with van der Waals surface area (Å²) in [6.07, 6.45) is 2.26. The first-order chi connectivity index (χ1) is 4.33. The molecule has 60 valence electrons. The van der Waals surface area contributed by atoms with Crippen molar-refractivity contribution in [2.45, 2.75) is 25.8 Å². The molecule has 10 heavy (non-hydrogen) atoms. The van der Waals surface area contributed by atoms with Gasteiger partial charge < -0.3 is 11.1 Å². The zero-order valence-electron chi connectivity index (χ0n) is 6.13. The molecular formula is C6H14ClN3. The number of halogens is 1. The number of nitrogens with two attached hydrogens (primary N) is 1. The molecule has 0 radical (unpaired) electrons. The van der Waals surface area contributed by atoms with Gasteiger partial charge in [0.25, 0.3) is 0 Å². The van der Waals surface area contributed by atoms with Gasteiger partial charge in [-0.2, -0.15) is 0 Å². The van der Waals surface area contributed by atoms with Gasteiger partial charge in [-0.3, -0.25) is 4.99 Å². The van der Waals surface area contributed by atoms with Crippen LogP contribution in [0.3, 0.4) is 0 Å². The molecule has 1 heterocycles. The Morgan fingerprint density at radius 3 is 2.90 bits per heavy atom. The minimum absolute atomic E-state index is 0. The summed E-state index contributed by atoms with van der Waals surface area (Å²) in [5.41, 5.74) is 5.44. The van der Waals surface area contributed by atoms with E-state index in [9.17, 15) is 0 Å². The quantitative estimate of drug-likeness (QED) is 0.592. The van der Waals surface area contributed by atoms with Crippen molar-refractivity contribution in [2.24, 2.45) is 10.7 Å². The van der Waals surface area contributed by atoms with Gasteiger partial charge in [0.15, 0.2) is 5.96 Å². The lowest BCUT2D eigenvalue weighted by molar-refractivity contribution is 0.527. The Labute approximate surface area is 67.5 Å². The standard InChI is InChI=1S/C6H13N3.ClH/c1-2-5-3-4-8-6(7)9-5;/h5H,2-4H2,1H3,(H3,7,8,9);1H. The molecule has 1 atom stereocenters. The first-order valence-corrected chi connectivity index (χ1v) is 3.39. The average molecular weight is 164 g/mol. The van der Waals surface area contributed by atoms with Crippen LogP contribution in [0.1, 0.15) is 19.8 Å². The van der Waals surface area contributed by atoms with Gasteiger partial charge in [0.1, 0.15) is 0 Å². The zero-order chi connectivity index (χ0) is 6.69. The molecule has 0 amide bonds.